The normalized spacial score (nSPS) is 34.0. The van der Waals surface area contributed by atoms with E-state index in [0.29, 0.717) is 29.9 Å². The maximum Gasteiger partial charge on any atom is 0.218 e. The molecular formula is C21H20N4O4. The smallest absolute Gasteiger partial charge is 0.218 e. The molecule has 1 N–H and O–H groups in total. The molecule has 5 rings (SSSR count). The summed E-state index contributed by atoms with van der Waals surface area (Å²) in [5.74, 6) is -1.56. The van der Waals surface area contributed by atoms with Gasteiger partial charge < -0.3 is 18.9 Å². The summed E-state index contributed by atoms with van der Waals surface area (Å²) in [5, 5.41) is 39.4. The van der Waals surface area contributed by atoms with Crippen molar-refractivity contribution in [3.05, 3.63) is 23.8 Å². The predicted octanol–water partition coefficient (Wildman–Crippen LogP) is 3.21. The molecule has 148 valence electrons. The third kappa shape index (κ3) is 2.06. The number of rotatable bonds is 3. The molecule has 1 aromatic carbocycles. The molecule has 4 atom stereocenters. The van der Waals surface area contributed by atoms with Crippen molar-refractivity contribution < 1.29 is 18.9 Å². The van der Waals surface area contributed by atoms with E-state index in [1.54, 1.807) is 18.2 Å². The van der Waals surface area contributed by atoms with Crippen LogP contribution in [-0.2, 0) is 9.47 Å². The Morgan fingerprint density at radius 3 is 2.48 bits per heavy atom. The summed E-state index contributed by atoms with van der Waals surface area (Å²) < 4.78 is 23.2. The molecule has 0 aromatic heterocycles. The van der Waals surface area contributed by atoms with Crippen LogP contribution in [0.3, 0.4) is 0 Å². The van der Waals surface area contributed by atoms with Gasteiger partial charge in [-0.3, -0.25) is 5.41 Å². The van der Waals surface area contributed by atoms with Crippen LogP contribution in [0.25, 0.3) is 0 Å². The van der Waals surface area contributed by atoms with Crippen LogP contribution >= 0.6 is 0 Å². The van der Waals surface area contributed by atoms with Gasteiger partial charge in [-0.15, -0.1) is 0 Å². The number of nitriles is 3. The SMILES string of the molecule is COc1cccc([C@@H]2O[C@]34CCCC[C@@H]3C(C#N)(C#N)[C@@]2(C#N)C(=N)O4)c1OC. The average Bonchev–Trinajstić information content (AvgIpc) is 2.76. The van der Waals surface area contributed by atoms with E-state index in [4.69, 9.17) is 24.4 Å². The number of para-hydroxylation sites is 1. The number of fused-ring (bicyclic) bond motifs is 2. The van der Waals surface area contributed by atoms with Gasteiger partial charge in [0.1, 0.15) is 6.10 Å². The lowest BCUT2D eigenvalue weighted by atomic mass is 9.48. The molecule has 1 spiro atoms. The molecule has 29 heavy (non-hydrogen) atoms. The summed E-state index contributed by atoms with van der Waals surface area (Å²) >= 11 is 0. The van der Waals surface area contributed by atoms with Crippen molar-refractivity contribution in [3.8, 4) is 29.7 Å². The first kappa shape index (κ1) is 19.1. The maximum atomic E-state index is 10.3. The maximum absolute atomic E-state index is 10.3. The highest BCUT2D eigenvalue weighted by Gasteiger charge is 2.80. The Hall–Kier alpha value is -3.28. The topological polar surface area (TPSA) is 132 Å². The minimum Gasteiger partial charge on any atom is -0.493 e. The second-order valence-corrected chi connectivity index (χ2v) is 7.57. The summed E-state index contributed by atoms with van der Waals surface area (Å²) in [6, 6.07) is 11.5. The number of nitrogens with one attached hydrogen (secondary N) is 1. The number of nitrogens with zero attached hydrogens (tertiary/aromatic N) is 3. The Labute approximate surface area is 168 Å². The Morgan fingerprint density at radius 2 is 1.86 bits per heavy atom. The molecule has 0 amide bonds. The zero-order valence-corrected chi connectivity index (χ0v) is 16.2. The van der Waals surface area contributed by atoms with E-state index in [1.807, 2.05) is 0 Å². The molecule has 8 nitrogen and oxygen atoms in total. The first-order valence-corrected chi connectivity index (χ1v) is 9.40. The molecule has 2 bridgehead atoms. The second-order valence-electron chi connectivity index (χ2n) is 7.57. The third-order valence-electron chi connectivity index (χ3n) is 6.53. The van der Waals surface area contributed by atoms with Crippen LogP contribution in [0.1, 0.15) is 37.4 Å². The summed E-state index contributed by atoms with van der Waals surface area (Å²) in [4.78, 5) is 0. The number of methoxy groups -OCH3 is 2. The number of hydrogen-bond acceptors (Lipinski definition) is 8. The van der Waals surface area contributed by atoms with E-state index in [0.717, 1.165) is 12.8 Å². The molecule has 1 aromatic rings. The van der Waals surface area contributed by atoms with E-state index in [-0.39, 0.29) is 0 Å². The minimum absolute atomic E-state index is 0.337. The molecule has 0 unspecified atom stereocenters. The van der Waals surface area contributed by atoms with Gasteiger partial charge in [-0.1, -0.05) is 18.6 Å². The fourth-order valence-electron chi connectivity index (χ4n) is 5.24. The summed E-state index contributed by atoms with van der Waals surface area (Å²) in [7, 11) is 2.96. The van der Waals surface area contributed by atoms with Crippen molar-refractivity contribution in [1.82, 2.24) is 0 Å². The van der Waals surface area contributed by atoms with Crippen LogP contribution in [0.2, 0.25) is 0 Å². The largest absolute Gasteiger partial charge is 0.493 e. The van der Waals surface area contributed by atoms with Crippen molar-refractivity contribution >= 4 is 5.90 Å². The van der Waals surface area contributed by atoms with E-state index in [1.165, 1.54) is 14.2 Å². The lowest BCUT2D eigenvalue weighted by Crippen LogP contribution is -2.73. The van der Waals surface area contributed by atoms with Crippen molar-refractivity contribution in [3.63, 3.8) is 0 Å². The molecule has 1 aliphatic carbocycles. The number of benzene rings is 1. The molecule has 8 heteroatoms. The van der Waals surface area contributed by atoms with Gasteiger partial charge in [-0.25, -0.2) is 0 Å². The van der Waals surface area contributed by atoms with Crippen molar-refractivity contribution in [2.45, 2.75) is 37.6 Å². The van der Waals surface area contributed by atoms with Gasteiger partial charge in [0.15, 0.2) is 22.3 Å². The Balaban J connectivity index is 2.04. The van der Waals surface area contributed by atoms with Gasteiger partial charge in [-0.05, 0) is 18.9 Å². The van der Waals surface area contributed by atoms with Crippen LogP contribution in [0.5, 0.6) is 11.5 Å². The monoisotopic (exact) mass is 392 g/mol. The van der Waals surface area contributed by atoms with Gasteiger partial charge in [-0.2, -0.15) is 15.8 Å². The highest BCUT2D eigenvalue weighted by atomic mass is 16.7. The number of hydrogen-bond donors (Lipinski definition) is 1. The standard InChI is InChI=1S/C21H20N4O4/c1-26-14-7-5-6-13(16(14)27-2)17-20(12-24)18(25)29-21(28-17)9-4-3-8-15(21)19(20,10-22)11-23/h5-7,15,17,25H,3-4,8-9H2,1-2H3/t15-,17+,20-,21+/m1/s1. The van der Waals surface area contributed by atoms with Gasteiger partial charge in [0.05, 0.1) is 38.3 Å². The van der Waals surface area contributed by atoms with Gasteiger partial charge in [0, 0.05) is 12.0 Å². The van der Waals surface area contributed by atoms with Crippen LogP contribution < -0.4 is 9.47 Å². The molecule has 3 heterocycles. The summed E-state index contributed by atoms with van der Waals surface area (Å²) in [5.41, 5.74) is -3.27. The Bertz CT molecular complexity index is 989. The van der Waals surface area contributed by atoms with Crippen LogP contribution in [-0.4, -0.2) is 25.9 Å². The number of ether oxygens (including phenoxy) is 4. The predicted molar refractivity (Wildman–Crippen MR) is 98.6 cm³/mol. The van der Waals surface area contributed by atoms with E-state index in [9.17, 15) is 15.8 Å². The Kier molecular flexibility index (Phi) is 4.19. The summed E-state index contributed by atoms with van der Waals surface area (Å²) in [6.07, 6.45) is 1.44. The molecular weight excluding hydrogens is 372 g/mol. The molecule has 4 aliphatic rings. The fourth-order valence-corrected chi connectivity index (χ4v) is 5.24. The molecule has 0 radical (unpaired) electrons. The second kappa shape index (κ2) is 6.37. The first-order chi connectivity index (χ1) is 14.0. The molecule has 3 saturated heterocycles. The van der Waals surface area contributed by atoms with Gasteiger partial charge in [0.2, 0.25) is 11.7 Å². The quantitative estimate of drug-likeness (QED) is 0.835. The van der Waals surface area contributed by atoms with Crippen LogP contribution in [0, 0.1) is 56.2 Å². The molecule has 3 aliphatic heterocycles. The van der Waals surface area contributed by atoms with Gasteiger partial charge >= 0.3 is 0 Å². The third-order valence-corrected chi connectivity index (χ3v) is 6.53. The first-order valence-electron chi connectivity index (χ1n) is 9.40. The van der Waals surface area contributed by atoms with E-state index >= 15 is 0 Å². The lowest BCUT2D eigenvalue weighted by Gasteiger charge is -2.63. The van der Waals surface area contributed by atoms with Crippen molar-refractivity contribution in [1.29, 1.82) is 21.2 Å². The average molecular weight is 392 g/mol. The van der Waals surface area contributed by atoms with E-state index < -0.39 is 34.5 Å². The fraction of sp³-hybridized carbons (Fsp3) is 0.524. The van der Waals surface area contributed by atoms with Gasteiger partial charge in [0.25, 0.3) is 0 Å². The van der Waals surface area contributed by atoms with Crippen molar-refractivity contribution in [2.75, 3.05) is 14.2 Å². The zero-order chi connectivity index (χ0) is 20.9. The zero-order valence-electron chi connectivity index (χ0n) is 16.2. The molecule has 1 saturated carbocycles. The van der Waals surface area contributed by atoms with Crippen molar-refractivity contribution in [2.24, 2.45) is 16.7 Å². The highest BCUT2D eigenvalue weighted by molar-refractivity contribution is 5.89. The molecule has 4 fully saturated rings. The van der Waals surface area contributed by atoms with Crippen LogP contribution in [0.4, 0.5) is 0 Å². The summed E-state index contributed by atoms with van der Waals surface area (Å²) in [6.45, 7) is 0. The van der Waals surface area contributed by atoms with E-state index in [2.05, 4.69) is 18.2 Å². The highest BCUT2D eigenvalue weighted by Crippen LogP contribution is 2.70. The Morgan fingerprint density at radius 1 is 1.10 bits per heavy atom. The minimum atomic E-state index is -1.93. The van der Waals surface area contributed by atoms with Crippen LogP contribution in [0.15, 0.2) is 18.2 Å². The lowest BCUT2D eigenvalue weighted by molar-refractivity contribution is -0.360.